The quantitative estimate of drug-likeness (QED) is 0.597. The van der Waals surface area contributed by atoms with Crippen molar-refractivity contribution in [1.82, 2.24) is 10.2 Å². The fourth-order valence-electron chi connectivity index (χ4n) is 7.05. The van der Waals surface area contributed by atoms with Crippen LogP contribution in [0.1, 0.15) is 58.9 Å². The number of likely N-dealkylation sites (tertiary alicyclic amines) is 1. The van der Waals surface area contributed by atoms with Crippen molar-refractivity contribution in [2.45, 2.75) is 56.3 Å². The van der Waals surface area contributed by atoms with Crippen LogP contribution in [0.15, 0.2) is 54.6 Å². The van der Waals surface area contributed by atoms with Crippen molar-refractivity contribution in [3.63, 3.8) is 0 Å². The van der Waals surface area contributed by atoms with Gasteiger partial charge in [0.25, 0.3) is 11.8 Å². The third-order valence-corrected chi connectivity index (χ3v) is 9.26. The number of carbonyl (C=O) groups is 2. The zero-order valence-corrected chi connectivity index (χ0v) is 21.1. The van der Waals surface area contributed by atoms with Crippen molar-refractivity contribution in [3.8, 4) is 0 Å². The summed E-state index contributed by atoms with van der Waals surface area (Å²) in [6.07, 6.45) is 4.15. The van der Waals surface area contributed by atoms with Crippen molar-refractivity contribution in [2.24, 2.45) is 0 Å². The number of hydrogen-bond acceptors (Lipinski definition) is 4. The summed E-state index contributed by atoms with van der Waals surface area (Å²) in [5.74, 6) is 0.0251. The fourth-order valence-corrected chi connectivity index (χ4v) is 7.05. The minimum absolute atomic E-state index is 0.00877. The lowest BCUT2D eigenvalue weighted by molar-refractivity contribution is 0.0930. The molecule has 3 fully saturated rings. The second kappa shape index (κ2) is 7.56. The summed E-state index contributed by atoms with van der Waals surface area (Å²) >= 11 is 0. The minimum atomic E-state index is -0.389. The van der Waals surface area contributed by atoms with Gasteiger partial charge in [-0.3, -0.25) is 14.5 Å². The second-order valence-corrected chi connectivity index (χ2v) is 11.2. The van der Waals surface area contributed by atoms with Gasteiger partial charge in [-0.1, -0.05) is 30.3 Å². The average molecular weight is 481 g/mol. The number of hydrogen-bond donors (Lipinski definition) is 1. The molecule has 2 saturated heterocycles. The highest BCUT2D eigenvalue weighted by Gasteiger charge is 2.49. The van der Waals surface area contributed by atoms with E-state index in [0.717, 1.165) is 58.2 Å². The van der Waals surface area contributed by atoms with E-state index in [2.05, 4.69) is 53.4 Å². The number of fused-ring (bicyclic) bond motifs is 2. The molecule has 3 aromatic carbocycles. The molecule has 4 aliphatic rings. The van der Waals surface area contributed by atoms with Crippen molar-refractivity contribution in [3.05, 3.63) is 71.3 Å². The van der Waals surface area contributed by atoms with E-state index in [-0.39, 0.29) is 17.4 Å². The molecule has 3 unspecified atom stereocenters. The van der Waals surface area contributed by atoms with E-state index in [4.69, 9.17) is 0 Å². The van der Waals surface area contributed by atoms with E-state index in [0.29, 0.717) is 18.1 Å². The molecule has 6 nitrogen and oxygen atoms in total. The predicted molar refractivity (Wildman–Crippen MR) is 143 cm³/mol. The Bertz CT molecular complexity index is 1430. The molecule has 3 aromatic rings. The third-order valence-electron chi connectivity index (χ3n) is 9.26. The molecule has 3 atom stereocenters. The molecule has 7 rings (SSSR count). The number of benzene rings is 3. The van der Waals surface area contributed by atoms with Crippen molar-refractivity contribution in [1.29, 1.82) is 0 Å². The van der Waals surface area contributed by atoms with Crippen LogP contribution in [0.5, 0.6) is 0 Å². The Morgan fingerprint density at radius 3 is 2.58 bits per heavy atom. The van der Waals surface area contributed by atoms with Gasteiger partial charge in [0.05, 0.1) is 22.5 Å². The molecule has 0 spiro atoms. The van der Waals surface area contributed by atoms with Crippen molar-refractivity contribution >= 4 is 34.0 Å². The first-order valence-corrected chi connectivity index (χ1v) is 13.1. The van der Waals surface area contributed by atoms with Gasteiger partial charge in [0, 0.05) is 42.7 Å². The van der Waals surface area contributed by atoms with Crippen molar-refractivity contribution in [2.75, 3.05) is 30.4 Å². The van der Waals surface area contributed by atoms with E-state index >= 15 is 0 Å². The van der Waals surface area contributed by atoms with E-state index in [1.54, 1.807) is 4.90 Å². The number of carbonyl (C=O) groups excluding carboxylic acids is 2. The molecule has 0 radical (unpaired) electrons. The molecule has 2 amide bonds. The van der Waals surface area contributed by atoms with Gasteiger partial charge in [-0.2, -0.15) is 0 Å². The Morgan fingerprint density at radius 2 is 1.78 bits per heavy atom. The largest absolute Gasteiger partial charge is 0.362 e. The molecule has 2 bridgehead atoms. The maximum Gasteiger partial charge on any atom is 0.258 e. The number of para-hydroxylation sites is 1. The van der Waals surface area contributed by atoms with Gasteiger partial charge >= 0.3 is 0 Å². The number of piperazine rings is 1. The van der Waals surface area contributed by atoms with E-state index < -0.39 is 0 Å². The number of nitrogens with zero attached hydrogens (tertiary/aromatic N) is 3. The monoisotopic (exact) mass is 480 g/mol. The molecule has 3 heterocycles. The zero-order valence-electron chi connectivity index (χ0n) is 21.1. The summed E-state index contributed by atoms with van der Waals surface area (Å²) in [5.41, 5.74) is 4.25. The number of amides is 2. The van der Waals surface area contributed by atoms with Crippen molar-refractivity contribution < 1.29 is 9.59 Å². The van der Waals surface area contributed by atoms with Gasteiger partial charge < -0.3 is 15.1 Å². The number of likely N-dealkylation sites (N-methyl/N-ethyl adjacent to an activating group) is 1. The predicted octanol–water partition coefficient (Wildman–Crippen LogP) is 4.52. The Balaban J connectivity index is 1.24. The molecule has 0 aromatic heterocycles. The summed E-state index contributed by atoms with van der Waals surface area (Å²) in [6.45, 7) is 3.34. The lowest BCUT2D eigenvalue weighted by atomic mass is 9.94. The van der Waals surface area contributed by atoms with Gasteiger partial charge in [-0.25, -0.2) is 0 Å². The normalized spacial score (nSPS) is 26.1. The van der Waals surface area contributed by atoms with Crippen LogP contribution in [-0.4, -0.2) is 55.5 Å². The summed E-state index contributed by atoms with van der Waals surface area (Å²) in [4.78, 5) is 33.4. The lowest BCUT2D eigenvalue weighted by Crippen LogP contribution is -2.57. The van der Waals surface area contributed by atoms with Crippen LogP contribution in [0.4, 0.5) is 11.4 Å². The Kier molecular flexibility index (Phi) is 4.59. The van der Waals surface area contributed by atoms with E-state index in [9.17, 15) is 9.59 Å². The number of anilines is 2. The highest BCUT2D eigenvalue weighted by Crippen LogP contribution is 2.51. The fraction of sp³-hybridized carbons (Fsp3) is 0.400. The van der Waals surface area contributed by atoms with Crippen LogP contribution in [-0.2, 0) is 5.54 Å². The molecule has 184 valence electrons. The maximum absolute atomic E-state index is 13.9. The topological polar surface area (TPSA) is 55.9 Å². The highest BCUT2D eigenvalue weighted by atomic mass is 16.2. The SMILES string of the molecule is CC1C2CCC(CN1C)N2c1ccccc1C(=O)NC1(c2ccc3c4c(cccc24)C(=O)N3C)CC1. The van der Waals surface area contributed by atoms with Gasteiger partial charge in [-0.05, 0) is 74.9 Å². The molecule has 1 saturated carbocycles. The average Bonchev–Trinajstić information content (AvgIpc) is 3.52. The molecule has 36 heavy (non-hydrogen) atoms. The molecule has 1 N–H and O–H groups in total. The molecule has 3 aliphatic heterocycles. The highest BCUT2D eigenvalue weighted by molar-refractivity contribution is 6.25. The van der Waals surface area contributed by atoms with Gasteiger partial charge in [0.15, 0.2) is 0 Å². The van der Waals surface area contributed by atoms with Crippen LogP contribution < -0.4 is 15.1 Å². The third kappa shape index (κ3) is 2.94. The molecular formula is C30H32N4O2. The molecular weight excluding hydrogens is 448 g/mol. The first-order valence-electron chi connectivity index (χ1n) is 13.1. The smallest absolute Gasteiger partial charge is 0.258 e. The lowest BCUT2D eigenvalue weighted by Gasteiger charge is -2.46. The van der Waals surface area contributed by atoms with Gasteiger partial charge in [0.2, 0.25) is 0 Å². The Labute approximate surface area is 211 Å². The van der Waals surface area contributed by atoms with Crippen LogP contribution in [0.3, 0.4) is 0 Å². The molecule has 1 aliphatic carbocycles. The van der Waals surface area contributed by atoms with Gasteiger partial charge in [0.1, 0.15) is 0 Å². The first-order chi connectivity index (χ1) is 17.4. The van der Waals surface area contributed by atoms with Crippen LogP contribution in [0.25, 0.3) is 10.8 Å². The summed E-state index contributed by atoms with van der Waals surface area (Å²) in [7, 11) is 4.04. The Hall–Kier alpha value is -3.38. The number of nitrogens with one attached hydrogen (secondary N) is 1. The van der Waals surface area contributed by atoms with Crippen LogP contribution >= 0.6 is 0 Å². The van der Waals surface area contributed by atoms with Crippen LogP contribution in [0.2, 0.25) is 0 Å². The van der Waals surface area contributed by atoms with Crippen LogP contribution in [0, 0.1) is 0 Å². The summed E-state index contributed by atoms with van der Waals surface area (Å²) in [6, 6.07) is 19.6. The number of rotatable bonds is 4. The van der Waals surface area contributed by atoms with E-state index in [1.165, 1.54) is 12.8 Å². The standard InChI is InChI=1S/C30H32N4O2/c1-18-24-13-11-19(17-32(18)2)34(24)25-10-5-4-7-21(25)28(35)31-30(15-16-30)23-12-14-26-27-20(23)8-6-9-22(27)29(36)33(26)3/h4-10,12,14,18-19,24H,11,13,15-17H2,1-3H3,(H,31,35). The van der Waals surface area contributed by atoms with E-state index in [1.807, 2.05) is 37.4 Å². The second-order valence-electron chi connectivity index (χ2n) is 11.2. The zero-order chi connectivity index (χ0) is 24.8. The van der Waals surface area contributed by atoms with Gasteiger partial charge in [-0.15, -0.1) is 0 Å². The summed E-state index contributed by atoms with van der Waals surface area (Å²) < 4.78 is 0. The maximum atomic E-state index is 13.9. The molecule has 6 heteroatoms. The Morgan fingerprint density at radius 1 is 0.972 bits per heavy atom. The summed E-state index contributed by atoms with van der Waals surface area (Å²) in [5, 5.41) is 5.52. The first kappa shape index (κ1) is 21.9. The minimum Gasteiger partial charge on any atom is -0.362 e.